The van der Waals surface area contributed by atoms with Crippen LogP contribution in [0.5, 0.6) is 11.5 Å². The molecule has 0 aliphatic rings. The number of aromatic nitrogens is 1. The number of nitrogens with zero attached hydrogens (tertiary/aromatic N) is 2. The summed E-state index contributed by atoms with van der Waals surface area (Å²) >= 11 is 0.981. The van der Waals surface area contributed by atoms with E-state index in [-0.39, 0.29) is 23.1 Å². The molecule has 21 heavy (non-hydrogen) atoms. The number of nitro groups is 1. The van der Waals surface area contributed by atoms with Crippen LogP contribution in [0, 0.1) is 10.1 Å². The van der Waals surface area contributed by atoms with Crippen molar-refractivity contribution in [1.29, 1.82) is 0 Å². The molecular weight excluding hydrogens is 300 g/mol. The molecule has 1 aromatic carbocycles. The van der Waals surface area contributed by atoms with Crippen molar-refractivity contribution in [2.45, 2.75) is 6.61 Å². The summed E-state index contributed by atoms with van der Waals surface area (Å²) in [6.07, 6.45) is 0. The third-order valence-corrected chi connectivity index (χ3v) is 3.35. The van der Waals surface area contributed by atoms with E-state index in [0.717, 1.165) is 11.3 Å². The van der Waals surface area contributed by atoms with E-state index in [0.29, 0.717) is 11.4 Å². The summed E-state index contributed by atoms with van der Waals surface area (Å²) in [7, 11) is 1.42. The highest BCUT2D eigenvalue weighted by Crippen LogP contribution is 2.31. The van der Waals surface area contributed by atoms with E-state index in [9.17, 15) is 14.9 Å². The largest absolute Gasteiger partial charge is 0.493 e. The molecule has 0 aliphatic heterocycles. The zero-order valence-corrected chi connectivity index (χ0v) is 11.6. The molecule has 0 spiro atoms. The predicted octanol–water partition coefficient (Wildman–Crippen LogP) is 2.34. The Labute approximate surface area is 122 Å². The highest BCUT2D eigenvalue weighted by atomic mass is 32.1. The number of aromatic carboxylic acids is 1. The summed E-state index contributed by atoms with van der Waals surface area (Å²) in [5.41, 5.74) is 0.293. The van der Waals surface area contributed by atoms with E-state index in [4.69, 9.17) is 14.6 Å². The fourth-order valence-electron chi connectivity index (χ4n) is 1.51. The maximum Gasteiger partial charge on any atom is 0.365 e. The third-order valence-electron chi connectivity index (χ3n) is 2.47. The van der Waals surface area contributed by atoms with Gasteiger partial charge in [0.1, 0.15) is 6.61 Å². The van der Waals surface area contributed by atoms with Crippen LogP contribution in [-0.4, -0.2) is 28.1 Å². The molecule has 0 bridgehead atoms. The average molecular weight is 310 g/mol. The Balaban J connectivity index is 2.15. The highest BCUT2D eigenvalue weighted by molar-refractivity contribution is 7.11. The Bertz CT molecular complexity index is 684. The van der Waals surface area contributed by atoms with Gasteiger partial charge in [-0.05, 0) is 6.07 Å². The van der Waals surface area contributed by atoms with Gasteiger partial charge in [-0.3, -0.25) is 10.1 Å². The molecule has 0 saturated carbocycles. The molecule has 9 heteroatoms. The van der Waals surface area contributed by atoms with Crippen LogP contribution in [0.25, 0.3) is 0 Å². The number of non-ortho nitro benzene ring substituents is 1. The lowest BCUT2D eigenvalue weighted by atomic mass is 10.3. The van der Waals surface area contributed by atoms with Gasteiger partial charge >= 0.3 is 5.97 Å². The van der Waals surface area contributed by atoms with E-state index in [1.807, 2.05) is 0 Å². The molecule has 1 heterocycles. The SMILES string of the molecule is COc1ccc([N+](=O)[O-])cc1OCc1csc(C(=O)O)n1. The second-order valence-electron chi connectivity index (χ2n) is 3.83. The summed E-state index contributed by atoms with van der Waals surface area (Å²) < 4.78 is 10.5. The molecule has 1 aromatic heterocycles. The molecule has 0 fully saturated rings. The molecule has 0 aliphatic carbocycles. The van der Waals surface area contributed by atoms with E-state index >= 15 is 0 Å². The minimum atomic E-state index is -1.11. The van der Waals surface area contributed by atoms with Crippen molar-refractivity contribution in [3.63, 3.8) is 0 Å². The quantitative estimate of drug-likeness (QED) is 0.643. The number of methoxy groups -OCH3 is 1. The molecule has 2 aromatic rings. The van der Waals surface area contributed by atoms with Gasteiger partial charge in [-0.15, -0.1) is 11.3 Å². The van der Waals surface area contributed by atoms with Crippen molar-refractivity contribution in [2.75, 3.05) is 7.11 Å². The van der Waals surface area contributed by atoms with Crippen LogP contribution >= 0.6 is 11.3 Å². The fraction of sp³-hybridized carbons (Fsp3) is 0.167. The number of rotatable bonds is 6. The second kappa shape index (κ2) is 6.18. The van der Waals surface area contributed by atoms with Gasteiger partial charge in [0.25, 0.3) is 5.69 Å². The minimum absolute atomic E-state index is 0.0126. The Morgan fingerprint density at radius 1 is 1.48 bits per heavy atom. The van der Waals surface area contributed by atoms with Gasteiger partial charge < -0.3 is 14.6 Å². The van der Waals surface area contributed by atoms with Crippen LogP contribution in [0.1, 0.15) is 15.5 Å². The number of carboxylic acids is 1. The first-order valence-corrected chi connectivity index (χ1v) is 6.52. The molecule has 0 radical (unpaired) electrons. The van der Waals surface area contributed by atoms with Gasteiger partial charge in [0.15, 0.2) is 11.5 Å². The summed E-state index contributed by atoms with van der Waals surface area (Å²) in [5.74, 6) is -0.579. The van der Waals surface area contributed by atoms with Gasteiger partial charge in [-0.1, -0.05) is 0 Å². The predicted molar refractivity (Wildman–Crippen MR) is 73.1 cm³/mol. The van der Waals surface area contributed by atoms with Gasteiger partial charge in [0.05, 0.1) is 23.8 Å². The number of ether oxygens (including phenoxy) is 2. The molecular formula is C12H10N2O6S. The number of carbonyl (C=O) groups is 1. The standard InChI is InChI=1S/C12H10N2O6S/c1-19-9-3-2-8(14(17)18)4-10(9)20-5-7-6-21-11(13-7)12(15)16/h2-4,6H,5H2,1H3,(H,15,16). The smallest absolute Gasteiger partial charge is 0.365 e. The van der Waals surface area contributed by atoms with Crippen LogP contribution in [0.4, 0.5) is 5.69 Å². The maximum atomic E-state index is 10.7. The summed E-state index contributed by atoms with van der Waals surface area (Å²) in [4.78, 5) is 24.8. The van der Waals surface area contributed by atoms with E-state index in [1.165, 1.54) is 25.3 Å². The van der Waals surface area contributed by atoms with Crippen molar-refractivity contribution in [2.24, 2.45) is 0 Å². The van der Waals surface area contributed by atoms with Crippen molar-refractivity contribution < 1.29 is 24.3 Å². The zero-order valence-electron chi connectivity index (χ0n) is 10.8. The van der Waals surface area contributed by atoms with E-state index in [2.05, 4.69) is 4.98 Å². The maximum absolute atomic E-state index is 10.7. The number of nitro benzene ring substituents is 1. The highest BCUT2D eigenvalue weighted by Gasteiger charge is 2.14. The molecule has 0 saturated heterocycles. The zero-order chi connectivity index (χ0) is 15.4. The molecule has 0 amide bonds. The fourth-order valence-corrected chi connectivity index (χ4v) is 2.15. The number of thiazole rings is 1. The third kappa shape index (κ3) is 3.45. The van der Waals surface area contributed by atoms with Gasteiger partial charge in [-0.25, -0.2) is 9.78 Å². The van der Waals surface area contributed by atoms with Crippen molar-refractivity contribution in [3.05, 3.63) is 44.4 Å². The number of hydrogen-bond donors (Lipinski definition) is 1. The average Bonchev–Trinajstić information content (AvgIpc) is 2.93. The molecule has 1 N–H and O–H groups in total. The Hall–Kier alpha value is -2.68. The molecule has 110 valence electrons. The van der Waals surface area contributed by atoms with Crippen LogP contribution < -0.4 is 9.47 Å². The summed E-state index contributed by atoms with van der Waals surface area (Å²) in [6.45, 7) is -0.0126. The van der Waals surface area contributed by atoms with Crippen LogP contribution in [-0.2, 0) is 6.61 Å². The van der Waals surface area contributed by atoms with Crippen LogP contribution in [0.3, 0.4) is 0 Å². The van der Waals surface area contributed by atoms with Gasteiger partial charge in [0.2, 0.25) is 5.01 Å². The van der Waals surface area contributed by atoms with Gasteiger partial charge in [-0.2, -0.15) is 0 Å². The number of benzene rings is 1. The lowest BCUT2D eigenvalue weighted by Gasteiger charge is -2.09. The van der Waals surface area contributed by atoms with Crippen LogP contribution in [0.2, 0.25) is 0 Å². The first-order chi connectivity index (χ1) is 10.0. The lowest BCUT2D eigenvalue weighted by molar-refractivity contribution is -0.385. The first-order valence-electron chi connectivity index (χ1n) is 5.64. The Kier molecular flexibility index (Phi) is 4.33. The monoisotopic (exact) mass is 310 g/mol. The Morgan fingerprint density at radius 2 is 2.24 bits per heavy atom. The Morgan fingerprint density at radius 3 is 2.81 bits per heavy atom. The van der Waals surface area contributed by atoms with E-state index in [1.54, 1.807) is 5.38 Å². The lowest BCUT2D eigenvalue weighted by Crippen LogP contribution is -2.01. The molecule has 0 atom stereocenters. The van der Waals surface area contributed by atoms with Crippen LogP contribution in [0.15, 0.2) is 23.6 Å². The summed E-state index contributed by atoms with van der Waals surface area (Å²) in [6, 6.07) is 3.97. The van der Waals surface area contributed by atoms with E-state index < -0.39 is 10.9 Å². The first kappa shape index (κ1) is 14.7. The molecule has 8 nitrogen and oxygen atoms in total. The topological polar surface area (TPSA) is 112 Å². The number of carboxylic acid groups (broad SMARTS) is 1. The normalized spacial score (nSPS) is 10.1. The van der Waals surface area contributed by atoms with Crippen molar-refractivity contribution in [3.8, 4) is 11.5 Å². The molecule has 2 rings (SSSR count). The van der Waals surface area contributed by atoms with Gasteiger partial charge in [0, 0.05) is 11.4 Å². The van der Waals surface area contributed by atoms with Crippen molar-refractivity contribution >= 4 is 23.0 Å². The van der Waals surface area contributed by atoms with Crippen molar-refractivity contribution in [1.82, 2.24) is 4.98 Å². The number of hydrogen-bond acceptors (Lipinski definition) is 7. The summed E-state index contributed by atoms with van der Waals surface area (Å²) in [5, 5.41) is 21.0. The second-order valence-corrected chi connectivity index (χ2v) is 4.69. The minimum Gasteiger partial charge on any atom is -0.493 e. The molecule has 0 unspecified atom stereocenters.